The highest BCUT2D eigenvalue weighted by Gasteiger charge is 2.19. The van der Waals surface area contributed by atoms with Crippen molar-refractivity contribution in [2.45, 2.75) is 13.5 Å². The van der Waals surface area contributed by atoms with Crippen LogP contribution in [0.3, 0.4) is 0 Å². The molecule has 1 amide bonds. The molecule has 3 aromatic heterocycles. The van der Waals surface area contributed by atoms with Crippen molar-refractivity contribution in [3.05, 3.63) is 69.4 Å². The molecule has 142 valence electrons. The summed E-state index contributed by atoms with van der Waals surface area (Å²) < 4.78 is 10.9. The number of aromatic nitrogens is 2. The van der Waals surface area contributed by atoms with Crippen LogP contribution in [0, 0.1) is 6.92 Å². The van der Waals surface area contributed by atoms with Crippen molar-refractivity contribution in [2.75, 3.05) is 7.11 Å². The minimum absolute atomic E-state index is 0.236. The summed E-state index contributed by atoms with van der Waals surface area (Å²) in [5.41, 5.74) is 3.20. The van der Waals surface area contributed by atoms with Gasteiger partial charge in [0.05, 0.1) is 42.1 Å². The Balaban J connectivity index is 1.67. The van der Waals surface area contributed by atoms with Crippen LogP contribution in [0.4, 0.5) is 0 Å². The highest BCUT2D eigenvalue weighted by molar-refractivity contribution is 7.11. The summed E-state index contributed by atoms with van der Waals surface area (Å²) in [6.07, 6.45) is 5.57. The number of fused-ring (bicyclic) bond motifs is 1. The van der Waals surface area contributed by atoms with Crippen LogP contribution in [0.2, 0.25) is 0 Å². The van der Waals surface area contributed by atoms with E-state index in [4.69, 9.17) is 9.15 Å². The molecule has 7 heteroatoms. The molecule has 0 aliphatic carbocycles. The lowest BCUT2D eigenvalue weighted by molar-refractivity contribution is 0.0945. The van der Waals surface area contributed by atoms with Gasteiger partial charge < -0.3 is 14.5 Å². The molecule has 0 radical (unpaired) electrons. The van der Waals surface area contributed by atoms with Gasteiger partial charge in [0.25, 0.3) is 5.91 Å². The Labute approximate surface area is 165 Å². The predicted octanol–water partition coefficient (Wildman–Crippen LogP) is 4.63. The Morgan fingerprint density at radius 2 is 2.21 bits per heavy atom. The number of methoxy groups -OCH3 is 1. The first-order valence-corrected chi connectivity index (χ1v) is 9.63. The molecular weight excluding hydrogens is 374 g/mol. The average molecular weight is 393 g/mol. The minimum atomic E-state index is -0.236. The number of rotatable bonds is 6. The zero-order valence-electron chi connectivity index (χ0n) is 15.5. The van der Waals surface area contributed by atoms with E-state index < -0.39 is 0 Å². The Bertz CT molecular complexity index is 1140. The Hall–Kier alpha value is -3.32. The van der Waals surface area contributed by atoms with Crippen LogP contribution in [-0.4, -0.2) is 23.2 Å². The summed E-state index contributed by atoms with van der Waals surface area (Å²) in [4.78, 5) is 13.9. The van der Waals surface area contributed by atoms with E-state index in [1.165, 1.54) is 10.4 Å². The first-order valence-electron chi connectivity index (χ1n) is 8.75. The standard InChI is InChI=1S/C21H19N3O3S/c1-13-9-11-28-18(13)8-7-17-19-16(23-24-17)6-5-15(20(19)26-2)21(25)22-12-14-4-3-10-27-14/h3-11H,12H2,1-2H3,(H,22,25)(H,23,24). The lowest BCUT2D eigenvalue weighted by Gasteiger charge is -2.10. The minimum Gasteiger partial charge on any atom is -0.495 e. The zero-order valence-corrected chi connectivity index (χ0v) is 16.3. The third-order valence-corrected chi connectivity index (χ3v) is 5.44. The van der Waals surface area contributed by atoms with Crippen molar-refractivity contribution >= 4 is 40.3 Å². The van der Waals surface area contributed by atoms with Gasteiger partial charge in [0.15, 0.2) is 0 Å². The molecule has 0 spiro atoms. The number of benzene rings is 1. The molecule has 6 nitrogen and oxygen atoms in total. The van der Waals surface area contributed by atoms with Crippen molar-refractivity contribution in [3.63, 3.8) is 0 Å². The van der Waals surface area contributed by atoms with Gasteiger partial charge in [0.1, 0.15) is 11.5 Å². The number of hydrogen-bond acceptors (Lipinski definition) is 5. The van der Waals surface area contributed by atoms with E-state index in [-0.39, 0.29) is 5.91 Å². The van der Waals surface area contributed by atoms with Gasteiger partial charge in [-0.2, -0.15) is 5.10 Å². The van der Waals surface area contributed by atoms with Gasteiger partial charge in [0, 0.05) is 4.88 Å². The van der Waals surface area contributed by atoms with Crippen LogP contribution in [0.15, 0.2) is 46.4 Å². The van der Waals surface area contributed by atoms with E-state index in [0.29, 0.717) is 23.6 Å². The maximum atomic E-state index is 12.7. The molecule has 0 saturated heterocycles. The fraction of sp³-hybridized carbons (Fsp3) is 0.143. The summed E-state index contributed by atoms with van der Waals surface area (Å²) in [5.74, 6) is 0.942. The summed E-state index contributed by atoms with van der Waals surface area (Å²) in [7, 11) is 1.56. The number of H-pyrrole nitrogens is 1. The van der Waals surface area contributed by atoms with Crippen molar-refractivity contribution in [1.29, 1.82) is 0 Å². The second-order valence-electron chi connectivity index (χ2n) is 6.24. The number of nitrogens with one attached hydrogen (secondary N) is 2. The van der Waals surface area contributed by atoms with Gasteiger partial charge in [-0.25, -0.2) is 0 Å². The van der Waals surface area contributed by atoms with Crippen molar-refractivity contribution in [2.24, 2.45) is 0 Å². The number of nitrogens with zero attached hydrogens (tertiary/aromatic N) is 1. The molecule has 1 aromatic carbocycles. The van der Waals surface area contributed by atoms with E-state index in [0.717, 1.165) is 16.6 Å². The number of aromatic amines is 1. The second-order valence-corrected chi connectivity index (χ2v) is 7.19. The topological polar surface area (TPSA) is 80.2 Å². The Morgan fingerprint density at radius 3 is 2.93 bits per heavy atom. The maximum Gasteiger partial charge on any atom is 0.255 e. The van der Waals surface area contributed by atoms with Gasteiger partial charge in [-0.15, -0.1) is 11.3 Å². The Morgan fingerprint density at radius 1 is 1.32 bits per heavy atom. The normalized spacial score (nSPS) is 11.4. The Kier molecular flexibility index (Phi) is 4.99. The van der Waals surface area contributed by atoms with E-state index in [9.17, 15) is 4.79 Å². The average Bonchev–Trinajstić information content (AvgIpc) is 3.45. The van der Waals surface area contributed by atoms with E-state index in [1.807, 2.05) is 24.3 Å². The van der Waals surface area contributed by atoms with Crippen molar-refractivity contribution in [3.8, 4) is 5.75 Å². The molecule has 0 unspecified atom stereocenters. The van der Waals surface area contributed by atoms with Crippen LogP contribution in [0.1, 0.15) is 32.3 Å². The van der Waals surface area contributed by atoms with Gasteiger partial charge in [-0.05, 0) is 60.4 Å². The molecule has 4 aromatic rings. The van der Waals surface area contributed by atoms with Gasteiger partial charge >= 0.3 is 0 Å². The number of thiophene rings is 1. The number of carbonyl (C=O) groups excluding carboxylic acids is 1. The second kappa shape index (κ2) is 7.74. The number of carbonyl (C=O) groups is 1. The van der Waals surface area contributed by atoms with Crippen LogP contribution in [-0.2, 0) is 6.54 Å². The van der Waals surface area contributed by atoms with Crippen molar-refractivity contribution < 1.29 is 13.9 Å². The third-order valence-electron chi connectivity index (χ3n) is 4.46. The number of ether oxygens (including phenoxy) is 1. The van der Waals surface area contributed by atoms with Crippen LogP contribution in [0.25, 0.3) is 23.1 Å². The lowest BCUT2D eigenvalue weighted by Crippen LogP contribution is -2.23. The number of furan rings is 1. The largest absolute Gasteiger partial charge is 0.495 e. The maximum absolute atomic E-state index is 12.7. The molecule has 0 atom stereocenters. The number of amides is 1. The summed E-state index contributed by atoms with van der Waals surface area (Å²) in [6, 6.07) is 9.21. The molecule has 0 aliphatic heterocycles. The monoisotopic (exact) mass is 393 g/mol. The number of hydrogen-bond donors (Lipinski definition) is 2. The molecule has 28 heavy (non-hydrogen) atoms. The third kappa shape index (κ3) is 3.44. The zero-order chi connectivity index (χ0) is 19.5. The molecule has 0 saturated carbocycles. The highest BCUT2D eigenvalue weighted by atomic mass is 32.1. The molecule has 2 N–H and O–H groups in total. The van der Waals surface area contributed by atoms with Crippen molar-refractivity contribution in [1.82, 2.24) is 15.5 Å². The molecule has 0 aliphatic rings. The SMILES string of the molecule is COc1c(C(=O)NCc2ccco2)ccc2n[nH]c(C=Cc3sccc3C)c12. The summed E-state index contributed by atoms with van der Waals surface area (Å²) in [6.45, 7) is 2.38. The van der Waals surface area contributed by atoms with Gasteiger partial charge in [0.2, 0.25) is 0 Å². The van der Waals surface area contributed by atoms with Gasteiger partial charge in [-0.1, -0.05) is 0 Å². The van der Waals surface area contributed by atoms with E-state index >= 15 is 0 Å². The molecular formula is C21H19N3O3S. The van der Waals surface area contributed by atoms with E-state index in [1.54, 1.807) is 36.8 Å². The lowest BCUT2D eigenvalue weighted by atomic mass is 10.1. The molecule has 4 rings (SSSR count). The number of aryl methyl sites for hydroxylation is 1. The van der Waals surface area contributed by atoms with E-state index in [2.05, 4.69) is 33.9 Å². The summed E-state index contributed by atoms with van der Waals surface area (Å²) in [5, 5.41) is 13.1. The van der Waals surface area contributed by atoms with Crippen LogP contribution >= 0.6 is 11.3 Å². The van der Waals surface area contributed by atoms with Crippen LogP contribution in [0.5, 0.6) is 5.75 Å². The summed E-state index contributed by atoms with van der Waals surface area (Å²) >= 11 is 1.67. The fourth-order valence-corrected chi connectivity index (χ4v) is 3.82. The van der Waals surface area contributed by atoms with Gasteiger partial charge in [-0.3, -0.25) is 9.89 Å². The smallest absolute Gasteiger partial charge is 0.255 e. The molecule has 0 fully saturated rings. The first kappa shape index (κ1) is 18.1. The molecule has 0 bridgehead atoms. The predicted molar refractivity (Wildman–Crippen MR) is 111 cm³/mol. The van der Waals surface area contributed by atoms with Crippen LogP contribution < -0.4 is 10.1 Å². The highest BCUT2D eigenvalue weighted by Crippen LogP contribution is 2.32. The first-order chi connectivity index (χ1) is 13.7. The fourth-order valence-electron chi connectivity index (χ4n) is 3.00. The quantitative estimate of drug-likeness (QED) is 0.500. The molecule has 3 heterocycles.